The molecule has 0 radical (unpaired) electrons. The van der Waals surface area contributed by atoms with Gasteiger partial charge in [0.2, 0.25) is 0 Å². The molecule has 2 unspecified atom stereocenters. The number of halogens is 2. The van der Waals surface area contributed by atoms with Crippen LogP contribution in [-0.4, -0.2) is 24.3 Å². The van der Waals surface area contributed by atoms with E-state index in [1.165, 1.54) is 12.1 Å². The maximum atomic E-state index is 12.4. The van der Waals surface area contributed by atoms with Crippen LogP contribution in [0.3, 0.4) is 0 Å². The van der Waals surface area contributed by atoms with E-state index in [0.717, 1.165) is 5.56 Å². The summed E-state index contributed by atoms with van der Waals surface area (Å²) in [6.45, 7) is 2.44. The molecule has 5 heteroatoms. The van der Waals surface area contributed by atoms with Crippen molar-refractivity contribution in [3.05, 3.63) is 35.4 Å². The predicted octanol–water partition coefficient (Wildman–Crippen LogP) is 1.98. The lowest BCUT2D eigenvalue weighted by Crippen LogP contribution is -2.35. The van der Waals surface area contributed by atoms with Crippen molar-refractivity contribution in [3.63, 3.8) is 0 Å². The SMILES string of the molecule is CC(CCO)NC(CN)c1ccc(C(F)F)cc1. The van der Waals surface area contributed by atoms with Gasteiger partial charge in [0.05, 0.1) is 0 Å². The molecule has 1 aromatic carbocycles. The van der Waals surface area contributed by atoms with E-state index in [9.17, 15) is 8.78 Å². The minimum absolute atomic E-state index is 0.0120. The van der Waals surface area contributed by atoms with Crippen LogP contribution in [0, 0.1) is 0 Å². The van der Waals surface area contributed by atoms with E-state index >= 15 is 0 Å². The third-order valence-electron chi connectivity index (χ3n) is 2.87. The summed E-state index contributed by atoms with van der Waals surface area (Å²) in [5.41, 5.74) is 6.57. The zero-order chi connectivity index (χ0) is 13.5. The molecule has 0 aromatic heterocycles. The van der Waals surface area contributed by atoms with Crippen LogP contribution in [-0.2, 0) is 0 Å². The quantitative estimate of drug-likeness (QED) is 0.701. The molecule has 0 aliphatic carbocycles. The van der Waals surface area contributed by atoms with Crippen molar-refractivity contribution in [2.24, 2.45) is 5.73 Å². The molecule has 0 bridgehead atoms. The third kappa shape index (κ3) is 4.33. The number of benzene rings is 1. The number of rotatable bonds is 7. The van der Waals surface area contributed by atoms with Crippen LogP contribution >= 0.6 is 0 Å². The third-order valence-corrected chi connectivity index (χ3v) is 2.87. The first kappa shape index (κ1) is 15.0. The first-order valence-corrected chi connectivity index (χ1v) is 6.03. The molecule has 0 saturated carbocycles. The Balaban J connectivity index is 2.70. The molecule has 18 heavy (non-hydrogen) atoms. The molecule has 0 aliphatic heterocycles. The molecular weight excluding hydrogens is 238 g/mol. The number of aliphatic hydroxyl groups excluding tert-OH is 1. The average Bonchev–Trinajstić information content (AvgIpc) is 2.36. The summed E-state index contributed by atoms with van der Waals surface area (Å²) in [7, 11) is 0. The van der Waals surface area contributed by atoms with Crippen LogP contribution in [0.1, 0.15) is 36.9 Å². The van der Waals surface area contributed by atoms with Crippen LogP contribution in [0.15, 0.2) is 24.3 Å². The molecule has 0 saturated heterocycles. The maximum absolute atomic E-state index is 12.4. The number of nitrogens with one attached hydrogen (secondary N) is 1. The van der Waals surface area contributed by atoms with Gasteiger partial charge in [0.1, 0.15) is 0 Å². The minimum atomic E-state index is -2.45. The van der Waals surface area contributed by atoms with E-state index in [1.807, 2.05) is 6.92 Å². The van der Waals surface area contributed by atoms with Crippen molar-refractivity contribution in [2.75, 3.05) is 13.2 Å². The van der Waals surface area contributed by atoms with Gasteiger partial charge in [-0.3, -0.25) is 0 Å². The van der Waals surface area contributed by atoms with Crippen LogP contribution in [0.5, 0.6) is 0 Å². The van der Waals surface area contributed by atoms with Crippen LogP contribution in [0.4, 0.5) is 8.78 Å². The lowest BCUT2D eigenvalue weighted by atomic mass is 10.0. The van der Waals surface area contributed by atoms with Crippen LogP contribution in [0.25, 0.3) is 0 Å². The van der Waals surface area contributed by atoms with Crippen LogP contribution in [0.2, 0.25) is 0 Å². The zero-order valence-electron chi connectivity index (χ0n) is 10.4. The number of hydrogen-bond donors (Lipinski definition) is 3. The molecule has 0 amide bonds. The smallest absolute Gasteiger partial charge is 0.263 e. The van der Waals surface area contributed by atoms with E-state index in [4.69, 9.17) is 10.8 Å². The van der Waals surface area contributed by atoms with Gasteiger partial charge < -0.3 is 16.2 Å². The van der Waals surface area contributed by atoms with Crippen molar-refractivity contribution in [1.29, 1.82) is 0 Å². The Hall–Kier alpha value is -1.04. The van der Waals surface area contributed by atoms with Gasteiger partial charge in [0.25, 0.3) is 6.43 Å². The highest BCUT2D eigenvalue weighted by atomic mass is 19.3. The number of aliphatic hydroxyl groups is 1. The van der Waals surface area contributed by atoms with E-state index in [-0.39, 0.29) is 24.3 Å². The van der Waals surface area contributed by atoms with Crippen molar-refractivity contribution in [3.8, 4) is 0 Å². The Morgan fingerprint density at radius 2 is 1.78 bits per heavy atom. The minimum Gasteiger partial charge on any atom is -0.396 e. The fourth-order valence-electron chi connectivity index (χ4n) is 1.79. The van der Waals surface area contributed by atoms with Crippen molar-refractivity contribution >= 4 is 0 Å². The molecule has 2 atom stereocenters. The highest BCUT2D eigenvalue weighted by Gasteiger charge is 2.13. The fraction of sp³-hybridized carbons (Fsp3) is 0.538. The summed E-state index contributed by atoms with van der Waals surface area (Å²) in [4.78, 5) is 0. The van der Waals surface area contributed by atoms with Crippen molar-refractivity contribution < 1.29 is 13.9 Å². The van der Waals surface area contributed by atoms with E-state index in [1.54, 1.807) is 12.1 Å². The van der Waals surface area contributed by atoms with Crippen molar-refractivity contribution in [2.45, 2.75) is 31.9 Å². The molecule has 0 fully saturated rings. The molecule has 102 valence electrons. The summed E-state index contributed by atoms with van der Waals surface area (Å²) in [5, 5.41) is 12.1. The van der Waals surface area contributed by atoms with Crippen LogP contribution < -0.4 is 11.1 Å². The van der Waals surface area contributed by atoms with E-state index < -0.39 is 6.43 Å². The monoisotopic (exact) mass is 258 g/mol. The van der Waals surface area contributed by atoms with E-state index in [2.05, 4.69) is 5.32 Å². The van der Waals surface area contributed by atoms with Gasteiger partial charge >= 0.3 is 0 Å². The van der Waals surface area contributed by atoms with E-state index in [0.29, 0.717) is 13.0 Å². The Bertz CT molecular complexity index is 343. The van der Waals surface area contributed by atoms with Gasteiger partial charge in [-0.25, -0.2) is 8.78 Å². The van der Waals surface area contributed by atoms with Gasteiger partial charge in [-0.1, -0.05) is 24.3 Å². The summed E-state index contributed by atoms with van der Waals surface area (Å²) < 4.78 is 24.8. The molecular formula is C13H20F2N2O. The largest absolute Gasteiger partial charge is 0.396 e. The summed E-state index contributed by atoms with van der Waals surface area (Å²) >= 11 is 0. The highest BCUT2D eigenvalue weighted by molar-refractivity contribution is 5.26. The highest BCUT2D eigenvalue weighted by Crippen LogP contribution is 2.21. The average molecular weight is 258 g/mol. The second-order valence-electron chi connectivity index (χ2n) is 4.34. The van der Waals surface area contributed by atoms with Gasteiger partial charge in [-0.05, 0) is 18.9 Å². The topological polar surface area (TPSA) is 58.3 Å². The molecule has 0 spiro atoms. The maximum Gasteiger partial charge on any atom is 0.263 e. The summed E-state index contributed by atoms with van der Waals surface area (Å²) in [6, 6.07) is 6.20. The fourth-order valence-corrected chi connectivity index (χ4v) is 1.79. The number of hydrogen-bond acceptors (Lipinski definition) is 3. The molecule has 1 aromatic rings. The Morgan fingerprint density at radius 3 is 2.22 bits per heavy atom. The predicted molar refractivity (Wildman–Crippen MR) is 67.5 cm³/mol. The van der Waals surface area contributed by atoms with Crippen molar-refractivity contribution in [1.82, 2.24) is 5.32 Å². The first-order valence-electron chi connectivity index (χ1n) is 6.03. The van der Waals surface area contributed by atoms with Gasteiger partial charge in [-0.2, -0.15) is 0 Å². The zero-order valence-corrected chi connectivity index (χ0v) is 10.4. The second kappa shape index (κ2) is 7.41. The lowest BCUT2D eigenvalue weighted by molar-refractivity contribution is 0.151. The summed E-state index contributed by atoms with van der Waals surface area (Å²) in [6.07, 6.45) is -1.82. The Kier molecular flexibility index (Phi) is 6.18. The molecule has 0 heterocycles. The normalized spacial score (nSPS) is 14.8. The first-order chi connectivity index (χ1) is 8.58. The standard InChI is InChI=1S/C13H20F2N2O/c1-9(6-7-18)17-12(8-16)10-2-4-11(5-3-10)13(14)15/h2-5,9,12-13,17-18H,6-8,16H2,1H3. The molecule has 4 N–H and O–H groups in total. The molecule has 1 rings (SSSR count). The number of nitrogens with two attached hydrogens (primary N) is 1. The summed E-state index contributed by atoms with van der Waals surface area (Å²) in [5.74, 6) is 0. The Morgan fingerprint density at radius 1 is 1.22 bits per heavy atom. The number of alkyl halides is 2. The van der Waals surface area contributed by atoms with Gasteiger partial charge in [0.15, 0.2) is 0 Å². The Labute approximate surface area is 106 Å². The van der Waals surface area contributed by atoms with Gasteiger partial charge in [0, 0.05) is 30.8 Å². The molecule has 3 nitrogen and oxygen atoms in total. The molecule has 0 aliphatic rings. The second-order valence-corrected chi connectivity index (χ2v) is 4.34. The van der Waals surface area contributed by atoms with Gasteiger partial charge in [-0.15, -0.1) is 0 Å². The lowest BCUT2D eigenvalue weighted by Gasteiger charge is -2.22.